The van der Waals surface area contributed by atoms with E-state index in [2.05, 4.69) is 16.2 Å². The fourth-order valence-electron chi connectivity index (χ4n) is 1.97. The van der Waals surface area contributed by atoms with E-state index in [1.165, 1.54) is 11.3 Å². The first kappa shape index (κ1) is 14.5. The van der Waals surface area contributed by atoms with Crippen LogP contribution in [0.15, 0.2) is 42.0 Å². The van der Waals surface area contributed by atoms with E-state index < -0.39 is 0 Å². The number of nitriles is 1. The van der Waals surface area contributed by atoms with Crippen molar-refractivity contribution in [2.75, 3.05) is 0 Å². The van der Waals surface area contributed by atoms with Crippen LogP contribution < -0.4 is 0 Å². The molecule has 0 saturated carbocycles. The first-order chi connectivity index (χ1) is 10.7. The van der Waals surface area contributed by atoms with E-state index in [0.29, 0.717) is 15.6 Å². The number of aromatic nitrogens is 3. The van der Waals surface area contributed by atoms with Gasteiger partial charge in [-0.05, 0) is 18.2 Å². The summed E-state index contributed by atoms with van der Waals surface area (Å²) in [4.78, 5) is 4.54. The van der Waals surface area contributed by atoms with Crippen molar-refractivity contribution < 1.29 is 0 Å². The van der Waals surface area contributed by atoms with Crippen molar-refractivity contribution in [1.82, 2.24) is 14.8 Å². The zero-order valence-electron chi connectivity index (χ0n) is 11.7. The van der Waals surface area contributed by atoms with Crippen molar-refractivity contribution in [2.24, 2.45) is 7.05 Å². The molecule has 4 nitrogen and oxygen atoms in total. The lowest BCUT2D eigenvalue weighted by atomic mass is 10.2. The van der Waals surface area contributed by atoms with Crippen LogP contribution in [0.25, 0.3) is 22.9 Å². The molecular weight excluding hydrogens is 316 g/mol. The fraction of sp³-hybridized carbons (Fsp3) is 0.0625. The van der Waals surface area contributed by atoms with E-state index in [0.717, 1.165) is 16.8 Å². The summed E-state index contributed by atoms with van der Waals surface area (Å²) in [5.41, 5.74) is 3.22. The van der Waals surface area contributed by atoms with Crippen molar-refractivity contribution in [3.05, 3.63) is 57.6 Å². The van der Waals surface area contributed by atoms with Gasteiger partial charge in [-0.1, -0.05) is 23.7 Å². The fourth-order valence-corrected chi connectivity index (χ4v) is 2.89. The van der Waals surface area contributed by atoms with E-state index in [4.69, 9.17) is 11.6 Å². The van der Waals surface area contributed by atoms with Gasteiger partial charge < -0.3 is 0 Å². The van der Waals surface area contributed by atoms with Crippen LogP contribution in [0.4, 0.5) is 0 Å². The minimum Gasteiger partial charge on any atom is -0.275 e. The van der Waals surface area contributed by atoms with Crippen LogP contribution in [-0.2, 0) is 7.05 Å². The predicted molar refractivity (Wildman–Crippen MR) is 89.3 cm³/mol. The molecule has 3 aromatic rings. The lowest BCUT2D eigenvalue weighted by Crippen LogP contribution is -1.84. The Labute approximate surface area is 136 Å². The third-order valence-corrected chi connectivity index (χ3v) is 4.16. The number of aryl methyl sites for hydroxylation is 1. The van der Waals surface area contributed by atoms with Gasteiger partial charge in [0, 0.05) is 34.8 Å². The minimum absolute atomic E-state index is 0.526. The lowest BCUT2D eigenvalue weighted by molar-refractivity contribution is 0.767. The SMILES string of the molecule is Cn1cc(C=C(C#N)c2nc(-c3ccc(Cl)cc3)cs2)cn1. The normalized spacial score (nSPS) is 11.4. The largest absolute Gasteiger partial charge is 0.275 e. The smallest absolute Gasteiger partial charge is 0.134 e. The molecule has 0 spiro atoms. The van der Waals surface area contributed by atoms with E-state index in [1.54, 1.807) is 17.0 Å². The summed E-state index contributed by atoms with van der Waals surface area (Å²) in [6.45, 7) is 0. The van der Waals surface area contributed by atoms with Crippen LogP contribution in [-0.4, -0.2) is 14.8 Å². The molecule has 0 saturated heterocycles. The molecule has 0 bridgehead atoms. The van der Waals surface area contributed by atoms with Crippen LogP contribution >= 0.6 is 22.9 Å². The molecule has 2 aromatic heterocycles. The summed E-state index contributed by atoms with van der Waals surface area (Å²) in [6.07, 6.45) is 5.35. The molecule has 0 aliphatic heterocycles. The van der Waals surface area contributed by atoms with Gasteiger partial charge in [-0.25, -0.2) is 4.98 Å². The Bertz CT molecular complexity index is 868. The molecule has 0 atom stereocenters. The molecule has 3 rings (SSSR count). The number of hydrogen-bond donors (Lipinski definition) is 0. The van der Waals surface area contributed by atoms with Gasteiger partial charge in [-0.3, -0.25) is 4.68 Å². The molecule has 0 aliphatic carbocycles. The zero-order valence-corrected chi connectivity index (χ0v) is 13.3. The third kappa shape index (κ3) is 3.08. The highest BCUT2D eigenvalue weighted by atomic mass is 35.5. The molecule has 0 aliphatic rings. The summed E-state index contributed by atoms with van der Waals surface area (Å²) < 4.78 is 1.70. The average Bonchev–Trinajstić information content (AvgIpc) is 3.15. The summed E-state index contributed by atoms with van der Waals surface area (Å²) in [5.74, 6) is 0. The van der Waals surface area contributed by atoms with Gasteiger partial charge in [0.2, 0.25) is 0 Å². The number of thiazole rings is 1. The van der Waals surface area contributed by atoms with Crippen LogP contribution in [0.2, 0.25) is 5.02 Å². The molecule has 22 heavy (non-hydrogen) atoms. The van der Waals surface area contributed by atoms with Crippen molar-refractivity contribution in [3.63, 3.8) is 0 Å². The van der Waals surface area contributed by atoms with Gasteiger partial charge in [-0.15, -0.1) is 11.3 Å². The van der Waals surface area contributed by atoms with Gasteiger partial charge in [0.25, 0.3) is 0 Å². The van der Waals surface area contributed by atoms with Gasteiger partial charge >= 0.3 is 0 Å². The van der Waals surface area contributed by atoms with Gasteiger partial charge in [0.1, 0.15) is 11.1 Å². The Hall–Kier alpha value is -2.42. The molecule has 0 radical (unpaired) electrons. The van der Waals surface area contributed by atoms with E-state index >= 15 is 0 Å². The predicted octanol–water partition coefficient (Wildman–Crippen LogP) is 4.26. The Kier molecular flexibility index (Phi) is 4.05. The van der Waals surface area contributed by atoms with Crippen LogP contribution in [0.3, 0.4) is 0 Å². The molecule has 0 N–H and O–H groups in total. The Balaban J connectivity index is 1.93. The quantitative estimate of drug-likeness (QED) is 0.676. The van der Waals surface area contributed by atoms with Crippen LogP contribution in [0, 0.1) is 11.3 Å². The van der Waals surface area contributed by atoms with Crippen LogP contribution in [0.1, 0.15) is 10.6 Å². The number of halogens is 1. The Morgan fingerprint density at radius 2 is 2.14 bits per heavy atom. The van der Waals surface area contributed by atoms with E-state index in [1.807, 2.05) is 42.9 Å². The maximum atomic E-state index is 9.37. The number of hydrogen-bond acceptors (Lipinski definition) is 4. The van der Waals surface area contributed by atoms with Gasteiger partial charge in [-0.2, -0.15) is 10.4 Å². The van der Waals surface area contributed by atoms with Crippen molar-refractivity contribution in [3.8, 4) is 17.3 Å². The second kappa shape index (κ2) is 6.14. The van der Waals surface area contributed by atoms with Crippen molar-refractivity contribution in [2.45, 2.75) is 0 Å². The minimum atomic E-state index is 0.526. The number of nitrogens with zero attached hydrogens (tertiary/aromatic N) is 4. The molecule has 0 amide bonds. The van der Waals surface area contributed by atoms with Gasteiger partial charge in [0.15, 0.2) is 0 Å². The Morgan fingerprint density at radius 1 is 1.36 bits per heavy atom. The van der Waals surface area contributed by atoms with Crippen molar-refractivity contribution in [1.29, 1.82) is 5.26 Å². The topological polar surface area (TPSA) is 54.5 Å². The highest BCUT2D eigenvalue weighted by Crippen LogP contribution is 2.27. The Morgan fingerprint density at radius 3 is 2.77 bits per heavy atom. The van der Waals surface area contributed by atoms with Gasteiger partial charge in [0.05, 0.1) is 17.5 Å². The maximum Gasteiger partial charge on any atom is 0.134 e. The van der Waals surface area contributed by atoms with E-state index in [-0.39, 0.29) is 0 Å². The second-order valence-electron chi connectivity index (χ2n) is 4.66. The molecule has 108 valence electrons. The first-order valence-electron chi connectivity index (χ1n) is 6.48. The summed E-state index contributed by atoms with van der Waals surface area (Å²) in [7, 11) is 1.84. The maximum absolute atomic E-state index is 9.37. The number of rotatable bonds is 3. The highest BCUT2D eigenvalue weighted by Gasteiger charge is 2.09. The van der Waals surface area contributed by atoms with E-state index in [9.17, 15) is 5.26 Å². The summed E-state index contributed by atoms with van der Waals surface area (Å²) in [6, 6.07) is 9.68. The summed E-state index contributed by atoms with van der Waals surface area (Å²) >= 11 is 7.34. The molecule has 1 aromatic carbocycles. The molecule has 6 heteroatoms. The number of benzene rings is 1. The zero-order chi connectivity index (χ0) is 15.5. The summed E-state index contributed by atoms with van der Waals surface area (Å²) in [5, 5.41) is 16.8. The standard InChI is InChI=1S/C16H11ClN4S/c1-21-9-11(8-19-21)6-13(7-18)16-20-15(10-22-16)12-2-4-14(17)5-3-12/h2-6,8-10H,1H3. The number of allylic oxidation sites excluding steroid dienone is 1. The second-order valence-corrected chi connectivity index (χ2v) is 5.96. The average molecular weight is 327 g/mol. The lowest BCUT2D eigenvalue weighted by Gasteiger charge is -1.96. The molecule has 0 fully saturated rings. The molecule has 2 heterocycles. The first-order valence-corrected chi connectivity index (χ1v) is 7.74. The van der Waals surface area contributed by atoms with Crippen LogP contribution in [0.5, 0.6) is 0 Å². The van der Waals surface area contributed by atoms with Crippen molar-refractivity contribution >= 4 is 34.6 Å². The molecule has 0 unspecified atom stereocenters. The monoisotopic (exact) mass is 326 g/mol. The highest BCUT2D eigenvalue weighted by molar-refractivity contribution is 7.11. The molecular formula is C16H11ClN4S. The third-order valence-electron chi connectivity index (χ3n) is 3.03.